The van der Waals surface area contributed by atoms with Crippen LogP contribution in [0.2, 0.25) is 0 Å². The molecular weight excluding hydrogens is 310 g/mol. The van der Waals surface area contributed by atoms with Gasteiger partial charge in [0.2, 0.25) is 5.95 Å². The quantitative estimate of drug-likeness (QED) is 0.820. The molecule has 1 saturated carbocycles. The Morgan fingerprint density at radius 1 is 0.840 bits per heavy atom. The first kappa shape index (κ1) is 17.1. The maximum Gasteiger partial charge on any atom is 0.222 e. The highest BCUT2D eigenvalue weighted by molar-refractivity contribution is 5.55. The van der Waals surface area contributed by atoms with Gasteiger partial charge < -0.3 is 16.0 Å². The zero-order chi connectivity index (χ0) is 17.1. The minimum absolute atomic E-state index is 0.304. The third-order valence-electron chi connectivity index (χ3n) is 6.51. The van der Waals surface area contributed by atoms with Crippen molar-refractivity contribution in [3.05, 3.63) is 11.3 Å². The zero-order valence-corrected chi connectivity index (χ0v) is 15.5. The Labute approximate surface area is 151 Å². The molecule has 3 aliphatic rings. The lowest BCUT2D eigenvalue weighted by Gasteiger charge is -2.37. The average molecular weight is 344 g/mol. The molecule has 2 fully saturated rings. The van der Waals surface area contributed by atoms with Gasteiger partial charge in [-0.2, -0.15) is 4.98 Å². The lowest BCUT2D eigenvalue weighted by atomic mass is 9.71. The van der Waals surface area contributed by atoms with Gasteiger partial charge in [-0.05, 0) is 64.5 Å². The van der Waals surface area contributed by atoms with Gasteiger partial charge in [0.25, 0.3) is 0 Å². The maximum atomic E-state index is 6.20. The highest BCUT2D eigenvalue weighted by Crippen LogP contribution is 2.49. The second kappa shape index (κ2) is 7.48. The van der Waals surface area contributed by atoms with Crippen LogP contribution in [0.3, 0.4) is 0 Å². The number of nitrogens with two attached hydrogens (primary N) is 1. The van der Waals surface area contributed by atoms with Crippen LogP contribution in [0.1, 0.15) is 75.5 Å². The van der Waals surface area contributed by atoms with E-state index < -0.39 is 0 Å². The number of nitrogen functional groups attached to an aromatic ring is 1. The fourth-order valence-corrected chi connectivity index (χ4v) is 5.25. The van der Waals surface area contributed by atoms with Crippen LogP contribution in [0.15, 0.2) is 0 Å². The smallest absolute Gasteiger partial charge is 0.222 e. The molecule has 0 radical (unpaired) electrons. The minimum atomic E-state index is 0.304. The molecule has 0 atom stereocenters. The molecule has 25 heavy (non-hydrogen) atoms. The third kappa shape index (κ3) is 3.48. The predicted molar refractivity (Wildman–Crippen MR) is 103 cm³/mol. The second-order valence-corrected chi connectivity index (χ2v) is 8.22. The van der Waals surface area contributed by atoms with E-state index in [1.807, 2.05) is 0 Å². The van der Waals surface area contributed by atoms with Gasteiger partial charge in [0.1, 0.15) is 5.82 Å². The van der Waals surface area contributed by atoms with Crippen molar-refractivity contribution in [2.24, 2.45) is 0 Å². The summed E-state index contributed by atoms with van der Waals surface area (Å²) in [5.74, 6) is 1.64. The number of nitrogens with zero attached hydrogens (tertiary/aromatic N) is 3. The molecule has 3 N–H and O–H groups in total. The highest BCUT2D eigenvalue weighted by Gasteiger charge is 2.42. The molecule has 4 rings (SSSR count). The summed E-state index contributed by atoms with van der Waals surface area (Å²) in [4.78, 5) is 12.1. The molecular formula is C20H33N5. The Morgan fingerprint density at radius 3 is 2.48 bits per heavy atom. The maximum absolute atomic E-state index is 6.20. The molecule has 0 amide bonds. The van der Waals surface area contributed by atoms with Crippen LogP contribution in [0.25, 0.3) is 0 Å². The van der Waals surface area contributed by atoms with E-state index >= 15 is 0 Å². The van der Waals surface area contributed by atoms with Crippen LogP contribution in [0.5, 0.6) is 0 Å². The molecule has 1 aromatic heterocycles. The normalized spacial score (nSPS) is 24.2. The number of aromatic nitrogens is 2. The van der Waals surface area contributed by atoms with Crippen LogP contribution >= 0.6 is 0 Å². The van der Waals surface area contributed by atoms with Crippen LogP contribution in [0.4, 0.5) is 11.8 Å². The van der Waals surface area contributed by atoms with Gasteiger partial charge in [0, 0.05) is 24.1 Å². The molecule has 2 heterocycles. The summed E-state index contributed by atoms with van der Waals surface area (Å²) >= 11 is 0. The average Bonchev–Trinajstić information content (AvgIpc) is 3.09. The molecule has 5 nitrogen and oxygen atoms in total. The number of rotatable bonds is 1. The van der Waals surface area contributed by atoms with E-state index in [1.54, 1.807) is 0 Å². The van der Waals surface area contributed by atoms with Crippen molar-refractivity contribution in [1.82, 2.24) is 15.3 Å². The van der Waals surface area contributed by atoms with Gasteiger partial charge in [-0.15, -0.1) is 0 Å². The summed E-state index contributed by atoms with van der Waals surface area (Å²) in [6.07, 6.45) is 13.9. The first-order valence-electron chi connectivity index (χ1n) is 10.4. The van der Waals surface area contributed by atoms with Gasteiger partial charge in [-0.3, -0.25) is 0 Å². The third-order valence-corrected chi connectivity index (χ3v) is 6.51. The predicted octanol–water partition coefficient (Wildman–Crippen LogP) is 3.18. The van der Waals surface area contributed by atoms with Crippen molar-refractivity contribution >= 4 is 11.8 Å². The molecule has 138 valence electrons. The van der Waals surface area contributed by atoms with Crippen LogP contribution < -0.4 is 16.0 Å². The topological polar surface area (TPSA) is 67.1 Å². The van der Waals surface area contributed by atoms with Crippen LogP contribution in [0, 0.1) is 0 Å². The first-order chi connectivity index (χ1) is 12.3. The molecule has 1 aliphatic heterocycles. The van der Waals surface area contributed by atoms with Crippen molar-refractivity contribution in [2.45, 2.75) is 76.0 Å². The Balaban J connectivity index is 1.67. The number of anilines is 2. The fourth-order valence-electron chi connectivity index (χ4n) is 5.25. The molecule has 5 heteroatoms. The van der Waals surface area contributed by atoms with Crippen molar-refractivity contribution in [2.75, 3.05) is 36.8 Å². The molecule has 1 saturated heterocycles. The Bertz CT molecular complexity index is 584. The summed E-state index contributed by atoms with van der Waals surface area (Å²) in [6, 6.07) is 0. The largest absolute Gasteiger partial charge is 0.368 e. The Kier molecular flexibility index (Phi) is 5.11. The molecule has 1 aromatic rings. The lowest BCUT2D eigenvalue weighted by molar-refractivity contribution is 0.357. The van der Waals surface area contributed by atoms with E-state index in [0.29, 0.717) is 11.4 Å². The summed E-state index contributed by atoms with van der Waals surface area (Å²) in [5, 5.41) is 3.56. The van der Waals surface area contributed by atoms with Gasteiger partial charge in [0.15, 0.2) is 0 Å². The van der Waals surface area contributed by atoms with E-state index in [1.165, 1.54) is 82.0 Å². The molecule has 2 aliphatic carbocycles. The molecule has 1 spiro atoms. The summed E-state index contributed by atoms with van der Waals surface area (Å²) in [6.45, 7) is 4.44. The lowest BCUT2D eigenvalue weighted by Crippen LogP contribution is -2.35. The van der Waals surface area contributed by atoms with Crippen molar-refractivity contribution < 1.29 is 0 Å². The molecule has 0 aromatic carbocycles. The van der Waals surface area contributed by atoms with E-state index in [9.17, 15) is 0 Å². The van der Waals surface area contributed by atoms with E-state index in [0.717, 1.165) is 31.9 Å². The zero-order valence-electron chi connectivity index (χ0n) is 15.5. The number of hydrogen-bond donors (Lipinski definition) is 2. The summed E-state index contributed by atoms with van der Waals surface area (Å²) < 4.78 is 0. The van der Waals surface area contributed by atoms with Gasteiger partial charge in [-0.1, -0.05) is 19.3 Å². The van der Waals surface area contributed by atoms with Crippen LogP contribution in [-0.2, 0) is 11.8 Å². The standard InChI is InChI=1S/C20H33N5/c21-19-23-17-16(8-6-11-20(17)9-2-3-10-20)18(24-19)25-14-5-1-4-12-22-13-7-15-25/h22H,1-15H2,(H2,21,23,24). The second-order valence-electron chi connectivity index (χ2n) is 8.22. The SMILES string of the molecule is Nc1nc(N2CCCCCNCCC2)c2c(n1)C1(CCCC1)CCC2. The Hall–Kier alpha value is -1.36. The number of fused-ring (bicyclic) bond motifs is 2. The number of nitrogens with one attached hydrogen (secondary N) is 1. The fraction of sp³-hybridized carbons (Fsp3) is 0.800. The van der Waals surface area contributed by atoms with Gasteiger partial charge in [0.05, 0.1) is 5.69 Å². The van der Waals surface area contributed by atoms with E-state index in [2.05, 4.69) is 10.2 Å². The Morgan fingerprint density at radius 2 is 1.60 bits per heavy atom. The van der Waals surface area contributed by atoms with E-state index in [-0.39, 0.29) is 0 Å². The van der Waals surface area contributed by atoms with Gasteiger partial charge in [-0.25, -0.2) is 4.98 Å². The van der Waals surface area contributed by atoms with Crippen molar-refractivity contribution in [3.8, 4) is 0 Å². The van der Waals surface area contributed by atoms with Crippen molar-refractivity contribution in [1.29, 1.82) is 0 Å². The van der Waals surface area contributed by atoms with Crippen molar-refractivity contribution in [3.63, 3.8) is 0 Å². The number of hydrogen-bond acceptors (Lipinski definition) is 5. The van der Waals surface area contributed by atoms with Crippen LogP contribution in [-0.4, -0.2) is 36.1 Å². The summed E-state index contributed by atoms with van der Waals surface area (Å²) in [5.41, 5.74) is 9.25. The van der Waals surface area contributed by atoms with Gasteiger partial charge >= 0.3 is 0 Å². The monoisotopic (exact) mass is 343 g/mol. The molecule has 0 unspecified atom stereocenters. The van der Waals surface area contributed by atoms with E-state index in [4.69, 9.17) is 15.7 Å². The first-order valence-corrected chi connectivity index (χ1v) is 10.4. The highest BCUT2D eigenvalue weighted by atomic mass is 15.2. The molecule has 0 bridgehead atoms. The summed E-state index contributed by atoms with van der Waals surface area (Å²) in [7, 11) is 0. The minimum Gasteiger partial charge on any atom is -0.368 e.